The van der Waals surface area contributed by atoms with E-state index >= 15 is 0 Å². The molecule has 0 aliphatic carbocycles. The summed E-state index contributed by atoms with van der Waals surface area (Å²) in [4.78, 5) is 0. The van der Waals surface area contributed by atoms with E-state index in [1.54, 1.807) is 0 Å². The van der Waals surface area contributed by atoms with E-state index < -0.39 is 0 Å². The maximum Gasteiger partial charge on any atom is 0.0453 e. The minimum atomic E-state index is 0.457. The summed E-state index contributed by atoms with van der Waals surface area (Å²) in [6.07, 6.45) is 11.5. The van der Waals surface area contributed by atoms with Crippen molar-refractivity contribution in [2.24, 2.45) is 0 Å². The van der Waals surface area contributed by atoms with Gasteiger partial charge < -0.3 is 5.32 Å². The predicted octanol–water partition coefficient (Wildman–Crippen LogP) is 6.26. The van der Waals surface area contributed by atoms with Crippen LogP contribution in [0.25, 0.3) is 0 Å². The molecule has 1 aromatic rings. The third-order valence-corrected chi connectivity index (χ3v) is 4.78. The predicted molar refractivity (Wildman–Crippen MR) is 95.6 cm³/mol. The highest BCUT2D eigenvalue weighted by Crippen LogP contribution is 2.26. The van der Waals surface area contributed by atoms with E-state index in [1.807, 2.05) is 25.2 Å². The van der Waals surface area contributed by atoms with Gasteiger partial charge in [-0.3, -0.25) is 0 Å². The van der Waals surface area contributed by atoms with Crippen molar-refractivity contribution in [2.45, 2.75) is 70.8 Å². The van der Waals surface area contributed by atoms with Gasteiger partial charge in [-0.25, -0.2) is 0 Å². The molecule has 1 N–H and O–H groups in total. The minimum Gasteiger partial charge on any atom is -0.317 e. The first-order chi connectivity index (χ1) is 10.2. The van der Waals surface area contributed by atoms with E-state index in [1.165, 1.54) is 51.4 Å². The first-order valence-electron chi connectivity index (χ1n) is 8.29. The maximum absolute atomic E-state index is 6.25. The highest BCUT2D eigenvalue weighted by molar-refractivity contribution is 6.35. The van der Waals surface area contributed by atoms with Crippen LogP contribution in [0.1, 0.15) is 63.9 Å². The summed E-state index contributed by atoms with van der Waals surface area (Å²) in [5.41, 5.74) is 1.07. The lowest BCUT2D eigenvalue weighted by Crippen LogP contribution is -2.27. The van der Waals surface area contributed by atoms with Crippen molar-refractivity contribution in [3.63, 3.8) is 0 Å². The average molecular weight is 330 g/mol. The molecule has 1 unspecified atom stereocenters. The number of benzene rings is 1. The van der Waals surface area contributed by atoms with Crippen LogP contribution in [-0.2, 0) is 6.42 Å². The van der Waals surface area contributed by atoms with Crippen molar-refractivity contribution < 1.29 is 0 Å². The second-order valence-electron chi connectivity index (χ2n) is 5.80. The molecule has 1 nitrogen and oxygen atoms in total. The van der Waals surface area contributed by atoms with E-state index in [0.717, 1.165) is 22.0 Å². The highest BCUT2D eigenvalue weighted by atomic mass is 35.5. The van der Waals surface area contributed by atoms with Gasteiger partial charge >= 0.3 is 0 Å². The quantitative estimate of drug-likeness (QED) is 0.472. The average Bonchev–Trinajstić information content (AvgIpc) is 2.48. The smallest absolute Gasteiger partial charge is 0.0453 e. The van der Waals surface area contributed by atoms with Gasteiger partial charge in [0.25, 0.3) is 0 Å². The fraction of sp³-hybridized carbons (Fsp3) is 0.667. The zero-order valence-electron chi connectivity index (χ0n) is 13.4. The van der Waals surface area contributed by atoms with Crippen LogP contribution in [0, 0.1) is 0 Å². The number of unbranched alkanes of at least 4 members (excludes halogenated alkanes) is 6. The monoisotopic (exact) mass is 329 g/mol. The van der Waals surface area contributed by atoms with Crippen LogP contribution in [0.3, 0.4) is 0 Å². The van der Waals surface area contributed by atoms with E-state index in [-0.39, 0.29) is 0 Å². The summed E-state index contributed by atoms with van der Waals surface area (Å²) < 4.78 is 0. The zero-order chi connectivity index (χ0) is 15.5. The van der Waals surface area contributed by atoms with Crippen LogP contribution < -0.4 is 5.32 Å². The van der Waals surface area contributed by atoms with Crippen LogP contribution in [0.4, 0.5) is 0 Å². The van der Waals surface area contributed by atoms with E-state index in [9.17, 15) is 0 Å². The van der Waals surface area contributed by atoms with Gasteiger partial charge in [-0.2, -0.15) is 0 Å². The van der Waals surface area contributed by atoms with Crippen molar-refractivity contribution in [3.8, 4) is 0 Å². The normalized spacial score (nSPS) is 12.6. The lowest BCUT2D eigenvalue weighted by Gasteiger charge is -2.18. The molecule has 0 heterocycles. The molecule has 21 heavy (non-hydrogen) atoms. The summed E-state index contributed by atoms with van der Waals surface area (Å²) >= 11 is 12.5. The molecule has 3 heteroatoms. The minimum absolute atomic E-state index is 0.457. The summed E-state index contributed by atoms with van der Waals surface area (Å²) in [6.45, 7) is 2.26. The molecule has 0 spiro atoms. The van der Waals surface area contributed by atoms with Gasteiger partial charge in [-0.05, 0) is 37.6 Å². The van der Waals surface area contributed by atoms with Crippen LogP contribution in [0.2, 0.25) is 10.0 Å². The zero-order valence-corrected chi connectivity index (χ0v) is 14.9. The fourth-order valence-corrected chi connectivity index (χ4v) is 3.22. The molecular weight excluding hydrogens is 301 g/mol. The van der Waals surface area contributed by atoms with Gasteiger partial charge in [0.05, 0.1) is 0 Å². The maximum atomic E-state index is 6.25. The Morgan fingerprint density at radius 1 is 0.952 bits per heavy atom. The molecule has 0 aliphatic rings. The fourth-order valence-electron chi connectivity index (χ4n) is 2.67. The molecule has 1 aromatic carbocycles. The number of rotatable bonds is 11. The molecule has 1 rings (SSSR count). The molecule has 0 radical (unpaired) electrons. The number of nitrogens with one attached hydrogen (secondary N) is 1. The molecule has 1 atom stereocenters. The Morgan fingerprint density at radius 2 is 1.52 bits per heavy atom. The van der Waals surface area contributed by atoms with Crippen LogP contribution in [0.5, 0.6) is 0 Å². The first kappa shape index (κ1) is 18.8. The van der Waals surface area contributed by atoms with Gasteiger partial charge in [0.1, 0.15) is 0 Å². The number of halogens is 2. The standard InChI is InChI=1S/C18H29Cl2N/c1-3-4-5-6-7-8-9-11-15(21-2)14-16-17(19)12-10-13-18(16)20/h10,12-13,15,21H,3-9,11,14H2,1-2H3. The lowest BCUT2D eigenvalue weighted by atomic mass is 9.99. The number of hydrogen-bond acceptors (Lipinski definition) is 1. The Labute approximate surface area is 140 Å². The molecule has 0 aliphatic heterocycles. The number of hydrogen-bond donors (Lipinski definition) is 1. The van der Waals surface area contributed by atoms with E-state index in [4.69, 9.17) is 23.2 Å². The second-order valence-corrected chi connectivity index (χ2v) is 6.61. The molecular formula is C18H29Cl2N. The third-order valence-electron chi connectivity index (χ3n) is 4.08. The van der Waals surface area contributed by atoms with Gasteiger partial charge in [0, 0.05) is 16.1 Å². The molecule has 0 saturated carbocycles. The van der Waals surface area contributed by atoms with Crippen molar-refractivity contribution >= 4 is 23.2 Å². The van der Waals surface area contributed by atoms with Gasteiger partial charge in [0.2, 0.25) is 0 Å². The third kappa shape index (κ3) is 7.54. The van der Waals surface area contributed by atoms with Crippen molar-refractivity contribution in [1.82, 2.24) is 5.32 Å². The Morgan fingerprint density at radius 3 is 2.10 bits per heavy atom. The van der Waals surface area contributed by atoms with Crippen LogP contribution in [0.15, 0.2) is 18.2 Å². The Balaban J connectivity index is 2.29. The van der Waals surface area contributed by atoms with Crippen LogP contribution >= 0.6 is 23.2 Å². The molecule has 0 fully saturated rings. The molecule has 0 saturated heterocycles. The Kier molecular flexibility index (Phi) is 10.2. The molecule has 0 amide bonds. The highest BCUT2D eigenvalue weighted by Gasteiger charge is 2.12. The Hall–Kier alpha value is -0.240. The summed E-state index contributed by atoms with van der Waals surface area (Å²) in [5, 5.41) is 4.96. The molecule has 120 valence electrons. The SMILES string of the molecule is CCCCCCCCCC(Cc1c(Cl)cccc1Cl)NC. The van der Waals surface area contributed by atoms with Gasteiger partial charge in [-0.15, -0.1) is 0 Å². The lowest BCUT2D eigenvalue weighted by molar-refractivity contribution is 0.478. The second kappa shape index (κ2) is 11.3. The molecule has 0 aromatic heterocycles. The largest absolute Gasteiger partial charge is 0.317 e. The van der Waals surface area contributed by atoms with Crippen molar-refractivity contribution in [2.75, 3.05) is 7.05 Å². The van der Waals surface area contributed by atoms with Crippen LogP contribution in [-0.4, -0.2) is 13.1 Å². The first-order valence-corrected chi connectivity index (χ1v) is 9.04. The van der Waals surface area contributed by atoms with E-state index in [0.29, 0.717) is 6.04 Å². The van der Waals surface area contributed by atoms with Crippen molar-refractivity contribution in [3.05, 3.63) is 33.8 Å². The summed E-state index contributed by atoms with van der Waals surface area (Å²) in [5.74, 6) is 0. The van der Waals surface area contributed by atoms with Gasteiger partial charge in [0.15, 0.2) is 0 Å². The van der Waals surface area contributed by atoms with Crippen molar-refractivity contribution in [1.29, 1.82) is 0 Å². The summed E-state index contributed by atoms with van der Waals surface area (Å²) in [6, 6.07) is 6.20. The Bertz CT molecular complexity index is 373. The van der Waals surface area contributed by atoms with E-state index in [2.05, 4.69) is 12.2 Å². The van der Waals surface area contributed by atoms with Gasteiger partial charge in [-0.1, -0.05) is 81.1 Å². The number of likely N-dealkylation sites (N-methyl/N-ethyl adjacent to an activating group) is 1. The summed E-state index contributed by atoms with van der Waals surface area (Å²) in [7, 11) is 2.02. The molecule has 0 bridgehead atoms. The topological polar surface area (TPSA) is 12.0 Å².